The summed E-state index contributed by atoms with van der Waals surface area (Å²) in [4.78, 5) is 15.0. The van der Waals surface area contributed by atoms with Crippen molar-refractivity contribution in [3.05, 3.63) is 22.2 Å². The van der Waals surface area contributed by atoms with Crippen molar-refractivity contribution in [1.82, 2.24) is 0 Å². The van der Waals surface area contributed by atoms with Crippen LogP contribution in [0.2, 0.25) is 0 Å². The number of ether oxygens (including phenoxy) is 2. The summed E-state index contributed by atoms with van der Waals surface area (Å²) < 4.78 is 12.2. The van der Waals surface area contributed by atoms with Crippen LogP contribution in [0.3, 0.4) is 0 Å². The molecule has 0 aliphatic heterocycles. The molecule has 0 N–H and O–H groups in total. The summed E-state index contributed by atoms with van der Waals surface area (Å²) in [6, 6.07) is 3.96. The van der Waals surface area contributed by atoms with Crippen LogP contribution >= 0.6 is 15.9 Å². The van der Waals surface area contributed by atoms with Gasteiger partial charge in [0, 0.05) is 0 Å². The Morgan fingerprint density at radius 1 is 1.33 bits per heavy atom. The molecule has 5 heteroatoms. The van der Waals surface area contributed by atoms with E-state index in [0.29, 0.717) is 11.9 Å². The standard InChI is InChI=1S/C16H18BrNO3/c1-20-14-9-11(16(18-10-19)6-2-3-7-16)8-13(17)15(14)21-12-4-5-12/h8-9,12H,2-7H2,1H3. The molecular formula is C16H18BrNO3. The molecule has 0 atom stereocenters. The molecule has 0 bridgehead atoms. The Kier molecular flexibility index (Phi) is 4.05. The molecule has 2 aliphatic carbocycles. The highest BCUT2D eigenvalue weighted by atomic mass is 79.9. The number of aliphatic imine (C=N–C) groups is 1. The first-order valence-corrected chi connectivity index (χ1v) is 8.11. The Balaban J connectivity index is 2.02. The Bertz CT molecular complexity index is 585. The van der Waals surface area contributed by atoms with Crippen molar-refractivity contribution in [3.8, 4) is 11.5 Å². The smallest absolute Gasteiger partial charge is 0.235 e. The van der Waals surface area contributed by atoms with Crippen molar-refractivity contribution in [1.29, 1.82) is 0 Å². The Morgan fingerprint density at radius 2 is 2.05 bits per heavy atom. The number of halogens is 1. The highest BCUT2D eigenvalue weighted by molar-refractivity contribution is 9.10. The van der Waals surface area contributed by atoms with Crippen LogP contribution in [0, 0.1) is 0 Å². The summed E-state index contributed by atoms with van der Waals surface area (Å²) in [5, 5.41) is 0. The van der Waals surface area contributed by atoms with Crippen molar-refractivity contribution >= 4 is 22.0 Å². The second-order valence-electron chi connectivity index (χ2n) is 5.75. The topological polar surface area (TPSA) is 47.9 Å². The van der Waals surface area contributed by atoms with E-state index in [1.54, 1.807) is 13.2 Å². The maximum absolute atomic E-state index is 10.8. The van der Waals surface area contributed by atoms with E-state index in [1.165, 1.54) is 0 Å². The Labute approximate surface area is 132 Å². The highest BCUT2D eigenvalue weighted by Gasteiger charge is 2.37. The van der Waals surface area contributed by atoms with Gasteiger partial charge in [0.05, 0.1) is 23.2 Å². The fraction of sp³-hybridized carbons (Fsp3) is 0.562. The van der Waals surface area contributed by atoms with Crippen LogP contribution in [0.4, 0.5) is 0 Å². The van der Waals surface area contributed by atoms with Crippen molar-refractivity contribution < 1.29 is 14.3 Å². The molecule has 2 fully saturated rings. The first-order chi connectivity index (χ1) is 10.2. The number of hydrogen-bond donors (Lipinski definition) is 0. The lowest BCUT2D eigenvalue weighted by molar-refractivity contribution is 0.279. The van der Waals surface area contributed by atoms with Crippen LogP contribution < -0.4 is 9.47 Å². The normalized spacial score (nSPS) is 19.9. The molecule has 0 aromatic heterocycles. The zero-order valence-corrected chi connectivity index (χ0v) is 13.6. The van der Waals surface area contributed by atoms with E-state index in [2.05, 4.69) is 20.9 Å². The quantitative estimate of drug-likeness (QED) is 0.592. The van der Waals surface area contributed by atoms with Gasteiger partial charge in [0.15, 0.2) is 11.5 Å². The summed E-state index contributed by atoms with van der Waals surface area (Å²) >= 11 is 3.57. The van der Waals surface area contributed by atoms with Crippen molar-refractivity contribution in [2.75, 3.05) is 7.11 Å². The SMILES string of the molecule is COc1cc(C2(N=C=O)CCCC2)cc(Br)c1OC1CC1. The van der Waals surface area contributed by atoms with Gasteiger partial charge in [-0.25, -0.2) is 4.79 Å². The van der Waals surface area contributed by atoms with Crippen LogP contribution in [-0.2, 0) is 10.3 Å². The van der Waals surface area contributed by atoms with E-state index in [0.717, 1.165) is 54.3 Å². The highest BCUT2D eigenvalue weighted by Crippen LogP contribution is 2.47. The molecule has 0 amide bonds. The molecule has 21 heavy (non-hydrogen) atoms. The summed E-state index contributed by atoms with van der Waals surface area (Å²) in [5.74, 6) is 1.44. The van der Waals surface area contributed by atoms with Crippen LogP contribution in [0.15, 0.2) is 21.6 Å². The molecule has 3 rings (SSSR count). The van der Waals surface area contributed by atoms with E-state index < -0.39 is 5.54 Å². The second kappa shape index (κ2) is 5.82. The molecule has 0 heterocycles. The van der Waals surface area contributed by atoms with Gasteiger partial charge in [0.25, 0.3) is 0 Å². The molecule has 1 aromatic rings. The minimum atomic E-state index is -0.449. The summed E-state index contributed by atoms with van der Waals surface area (Å²) in [5.41, 5.74) is 0.547. The summed E-state index contributed by atoms with van der Waals surface area (Å²) in [6.45, 7) is 0. The van der Waals surface area contributed by atoms with Gasteiger partial charge in [-0.15, -0.1) is 0 Å². The van der Waals surface area contributed by atoms with Gasteiger partial charge in [0.2, 0.25) is 6.08 Å². The molecule has 2 saturated carbocycles. The first-order valence-electron chi connectivity index (χ1n) is 7.32. The third-order valence-corrected chi connectivity index (χ3v) is 4.86. The lowest BCUT2D eigenvalue weighted by Crippen LogP contribution is -2.19. The van der Waals surface area contributed by atoms with E-state index in [9.17, 15) is 4.79 Å². The monoisotopic (exact) mass is 351 g/mol. The van der Waals surface area contributed by atoms with Gasteiger partial charge in [-0.1, -0.05) is 12.8 Å². The van der Waals surface area contributed by atoms with Gasteiger partial charge in [0.1, 0.15) is 0 Å². The molecule has 4 nitrogen and oxygen atoms in total. The van der Waals surface area contributed by atoms with E-state index in [4.69, 9.17) is 9.47 Å². The van der Waals surface area contributed by atoms with E-state index in [-0.39, 0.29) is 0 Å². The molecule has 0 saturated heterocycles. The fourth-order valence-electron chi connectivity index (χ4n) is 2.97. The minimum Gasteiger partial charge on any atom is -0.493 e. The Hall–Kier alpha value is -1.32. The molecule has 112 valence electrons. The molecular weight excluding hydrogens is 334 g/mol. The predicted octanol–water partition coefficient (Wildman–Crippen LogP) is 4.10. The van der Waals surface area contributed by atoms with Crippen LogP contribution in [0.5, 0.6) is 11.5 Å². The lowest BCUT2D eigenvalue weighted by Gasteiger charge is -2.24. The molecule has 1 aromatic carbocycles. The predicted molar refractivity (Wildman–Crippen MR) is 82.6 cm³/mol. The maximum atomic E-state index is 10.8. The lowest BCUT2D eigenvalue weighted by atomic mass is 9.88. The van der Waals surface area contributed by atoms with Crippen molar-refractivity contribution in [3.63, 3.8) is 0 Å². The summed E-state index contributed by atoms with van der Waals surface area (Å²) in [6.07, 6.45) is 8.14. The molecule has 0 spiro atoms. The average molecular weight is 352 g/mol. The largest absolute Gasteiger partial charge is 0.493 e. The third kappa shape index (κ3) is 2.85. The van der Waals surface area contributed by atoms with Gasteiger partial charge in [-0.3, -0.25) is 0 Å². The fourth-order valence-corrected chi connectivity index (χ4v) is 3.50. The molecule has 0 unspecified atom stereocenters. The maximum Gasteiger partial charge on any atom is 0.235 e. The number of isocyanates is 1. The Morgan fingerprint density at radius 3 is 2.62 bits per heavy atom. The number of methoxy groups -OCH3 is 1. The number of carbonyl (C=O) groups excluding carboxylic acids is 1. The van der Waals surface area contributed by atoms with Gasteiger partial charge < -0.3 is 9.47 Å². The van der Waals surface area contributed by atoms with E-state index in [1.807, 2.05) is 12.1 Å². The first kappa shape index (κ1) is 14.6. The third-order valence-electron chi connectivity index (χ3n) is 4.27. The molecule has 0 radical (unpaired) electrons. The number of hydrogen-bond acceptors (Lipinski definition) is 4. The number of rotatable bonds is 5. The number of nitrogens with zero attached hydrogens (tertiary/aromatic N) is 1. The van der Waals surface area contributed by atoms with Crippen LogP contribution in [-0.4, -0.2) is 19.3 Å². The minimum absolute atomic E-state index is 0.300. The van der Waals surface area contributed by atoms with E-state index >= 15 is 0 Å². The van der Waals surface area contributed by atoms with Gasteiger partial charge in [-0.2, -0.15) is 4.99 Å². The summed E-state index contributed by atoms with van der Waals surface area (Å²) in [7, 11) is 1.63. The van der Waals surface area contributed by atoms with Gasteiger partial charge in [-0.05, 0) is 59.3 Å². The zero-order valence-electron chi connectivity index (χ0n) is 12.0. The van der Waals surface area contributed by atoms with Gasteiger partial charge >= 0.3 is 0 Å². The van der Waals surface area contributed by atoms with Crippen LogP contribution in [0.25, 0.3) is 0 Å². The second-order valence-corrected chi connectivity index (χ2v) is 6.60. The number of benzene rings is 1. The van der Waals surface area contributed by atoms with Crippen molar-refractivity contribution in [2.45, 2.75) is 50.2 Å². The molecule has 2 aliphatic rings. The van der Waals surface area contributed by atoms with Crippen molar-refractivity contribution in [2.24, 2.45) is 4.99 Å². The van der Waals surface area contributed by atoms with Crippen LogP contribution in [0.1, 0.15) is 44.1 Å². The zero-order chi connectivity index (χ0) is 14.9. The average Bonchev–Trinajstić information content (AvgIpc) is 3.17.